The number of nitrogens with zero attached hydrogens (tertiary/aromatic N) is 5. The van der Waals surface area contributed by atoms with E-state index in [1.54, 1.807) is 14.4 Å². The molecule has 0 N–H and O–H groups in total. The van der Waals surface area contributed by atoms with Gasteiger partial charge in [-0.05, 0) is 12.1 Å². The smallest absolute Gasteiger partial charge is 0.345 e. The van der Waals surface area contributed by atoms with Crippen LogP contribution in [0.1, 0.15) is 5.56 Å². The van der Waals surface area contributed by atoms with Gasteiger partial charge in [-0.25, -0.2) is 9.97 Å². The van der Waals surface area contributed by atoms with E-state index in [-0.39, 0.29) is 18.4 Å². The highest BCUT2D eigenvalue weighted by Crippen LogP contribution is 2.28. The number of hydrogen-bond donors (Lipinski definition) is 0. The number of alkyl halides is 3. The average Bonchev–Trinajstić information content (AvgIpc) is 3.07. The Labute approximate surface area is 136 Å². The van der Waals surface area contributed by atoms with Crippen molar-refractivity contribution in [3.63, 3.8) is 0 Å². The van der Waals surface area contributed by atoms with Crippen LogP contribution in [0.25, 0.3) is 0 Å². The van der Waals surface area contributed by atoms with Gasteiger partial charge >= 0.3 is 6.18 Å². The molecular formula is C15H16F3N5O. The number of amides is 1. The lowest BCUT2D eigenvalue weighted by Crippen LogP contribution is -2.50. The summed E-state index contributed by atoms with van der Waals surface area (Å²) in [6, 6.07) is 3.71. The van der Waals surface area contributed by atoms with Gasteiger partial charge < -0.3 is 14.4 Å². The molecule has 0 radical (unpaired) electrons. The molecule has 0 bridgehead atoms. The third-order valence-electron chi connectivity index (χ3n) is 3.86. The van der Waals surface area contributed by atoms with Crippen LogP contribution < -0.4 is 4.90 Å². The Hall–Kier alpha value is -2.58. The summed E-state index contributed by atoms with van der Waals surface area (Å²) in [6.45, 7) is 2.24. The van der Waals surface area contributed by atoms with Gasteiger partial charge in [0, 0.05) is 51.0 Å². The van der Waals surface area contributed by atoms with Gasteiger partial charge in [0.05, 0.1) is 5.56 Å². The molecule has 0 unspecified atom stereocenters. The summed E-state index contributed by atoms with van der Waals surface area (Å²) in [7, 11) is 0. The Bertz CT molecular complexity index is 676. The van der Waals surface area contributed by atoms with E-state index in [4.69, 9.17) is 0 Å². The number of rotatable bonds is 3. The fourth-order valence-corrected chi connectivity index (χ4v) is 2.52. The molecule has 3 heterocycles. The van der Waals surface area contributed by atoms with Crippen molar-refractivity contribution < 1.29 is 18.0 Å². The zero-order chi connectivity index (χ0) is 17.2. The van der Waals surface area contributed by atoms with Gasteiger partial charge in [-0.2, -0.15) is 13.2 Å². The molecule has 1 aliphatic rings. The number of aromatic nitrogens is 3. The van der Waals surface area contributed by atoms with Crippen LogP contribution in [0.5, 0.6) is 0 Å². The van der Waals surface area contributed by atoms with Crippen LogP contribution in [0, 0.1) is 0 Å². The van der Waals surface area contributed by atoms with E-state index < -0.39 is 11.7 Å². The predicted octanol–water partition coefficient (Wildman–Crippen LogP) is 1.65. The number of anilines is 1. The fraction of sp³-hybridized carbons (Fsp3) is 0.400. The first-order valence-electron chi connectivity index (χ1n) is 7.46. The molecule has 1 aliphatic heterocycles. The monoisotopic (exact) mass is 339 g/mol. The molecule has 1 fully saturated rings. The summed E-state index contributed by atoms with van der Waals surface area (Å²) < 4.78 is 39.4. The number of halogens is 3. The molecule has 6 nitrogen and oxygen atoms in total. The Kier molecular flexibility index (Phi) is 4.41. The van der Waals surface area contributed by atoms with Crippen molar-refractivity contribution in [2.75, 3.05) is 31.1 Å². The first kappa shape index (κ1) is 16.3. The topological polar surface area (TPSA) is 54.3 Å². The first-order valence-corrected chi connectivity index (χ1v) is 7.46. The minimum absolute atomic E-state index is 0.0131. The van der Waals surface area contributed by atoms with Crippen molar-refractivity contribution in [1.29, 1.82) is 0 Å². The average molecular weight is 339 g/mol. The van der Waals surface area contributed by atoms with Crippen molar-refractivity contribution in [3.05, 3.63) is 42.5 Å². The molecule has 2 aromatic rings. The van der Waals surface area contributed by atoms with E-state index in [2.05, 4.69) is 9.97 Å². The summed E-state index contributed by atoms with van der Waals surface area (Å²) in [5.41, 5.74) is -0.869. The molecule has 0 spiro atoms. The van der Waals surface area contributed by atoms with Crippen molar-refractivity contribution in [1.82, 2.24) is 19.4 Å². The number of carbonyl (C=O) groups is 1. The lowest BCUT2D eigenvalue weighted by molar-refractivity contribution is -0.138. The third-order valence-corrected chi connectivity index (χ3v) is 3.86. The normalized spacial score (nSPS) is 15.6. The Morgan fingerprint density at radius 1 is 1.04 bits per heavy atom. The van der Waals surface area contributed by atoms with E-state index in [9.17, 15) is 18.0 Å². The van der Waals surface area contributed by atoms with Gasteiger partial charge in [0.15, 0.2) is 0 Å². The molecule has 0 atom stereocenters. The lowest BCUT2D eigenvalue weighted by atomic mass is 10.3. The second-order valence-electron chi connectivity index (χ2n) is 5.49. The molecule has 2 aromatic heterocycles. The fourth-order valence-electron chi connectivity index (χ4n) is 2.52. The minimum atomic E-state index is -4.44. The molecule has 1 amide bonds. The number of piperazine rings is 1. The SMILES string of the molecule is O=C(Cn1cccc1)N1CCN(c2ncc(C(F)(F)F)cn2)CC1. The van der Waals surface area contributed by atoms with Crippen LogP contribution in [-0.2, 0) is 17.5 Å². The highest BCUT2D eigenvalue weighted by Gasteiger charge is 2.32. The molecule has 1 saturated heterocycles. The van der Waals surface area contributed by atoms with Crippen LogP contribution in [-0.4, -0.2) is 51.5 Å². The predicted molar refractivity (Wildman–Crippen MR) is 80.3 cm³/mol. The lowest BCUT2D eigenvalue weighted by Gasteiger charge is -2.34. The molecule has 0 saturated carbocycles. The Morgan fingerprint density at radius 2 is 1.62 bits per heavy atom. The zero-order valence-corrected chi connectivity index (χ0v) is 12.8. The quantitative estimate of drug-likeness (QED) is 0.853. The van der Waals surface area contributed by atoms with Gasteiger partial charge in [0.25, 0.3) is 0 Å². The standard InChI is InChI=1S/C15H16F3N5O/c16-15(17,18)12-9-19-14(20-10-12)23-7-5-22(6-8-23)13(24)11-21-3-1-2-4-21/h1-4,9-10H,5-8,11H2. The summed E-state index contributed by atoms with van der Waals surface area (Å²) in [5, 5.41) is 0. The minimum Gasteiger partial charge on any atom is -0.345 e. The van der Waals surface area contributed by atoms with Crippen molar-refractivity contribution in [2.45, 2.75) is 12.7 Å². The zero-order valence-electron chi connectivity index (χ0n) is 12.8. The van der Waals surface area contributed by atoms with Gasteiger partial charge in [-0.1, -0.05) is 0 Å². The van der Waals surface area contributed by atoms with E-state index >= 15 is 0 Å². The molecule has 128 valence electrons. The third kappa shape index (κ3) is 3.66. The van der Waals surface area contributed by atoms with Gasteiger partial charge in [-0.15, -0.1) is 0 Å². The second-order valence-corrected chi connectivity index (χ2v) is 5.49. The van der Waals surface area contributed by atoms with Crippen molar-refractivity contribution in [3.8, 4) is 0 Å². The molecule has 0 aromatic carbocycles. The van der Waals surface area contributed by atoms with E-state index in [0.717, 1.165) is 12.4 Å². The highest BCUT2D eigenvalue weighted by molar-refractivity contribution is 5.76. The first-order chi connectivity index (χ1) is 11.4. The van der Waals surface area contributed by atoms with Crippen molar-refractivity contribution >= 4 is 11.9 Å². The summed E-state index contributed by atoms with van der Waals surface area (Å²) in [5.74, 6) is 0.264. The molecule has 9 heteroatoms. The number of hydrogen-bond acceptors (Lipinski definition) is 4. The van der Waals surface area contributed by atoms with Gasteiger partial charge in [0.1, 0.15) is 6.54 Å². The maximum atomic E-state index is 12.5. The van der Waals surface area contributed by atoms with E-state index in [1.165, 1.54) is 0 Å². The van der Waals surface area contributed by atoms with Crippen LogP contribution >= 0.6 is 0 Å². The second kappa shape index (κ2) is 6.50. The summed E-state index contributed by atoms with van der Waals surface area (Å²) >= 11 is 0. The largest absolute Gasteiger partial charge is 0.419 e. The molecule has 0 aliphatic carbocycles. The van der Waals surface area contributed by atoms with Crippen LogP contribution in [0.2, 0.25) is 0 Å². The van der Waals surface area contributed by atoms with Crippen LogP contribution in [0.4, 0.5) is 19.1 Å². The summed E-state index contributed by atoms with van der Waals surface area (Å²) in [4.78, 5) is 23.3. The molecule has 24 heavy (non-hydrogen) atoms. The summed E-state index contributed by atoms with van der Waals surface area (Å²) in [6.07, 6.45) is 0.772. The van der Waals surface area contributed by atoms with Gasteiger partial charge in [0.2, 0.25) is 11.9 Å². The number of carbonyl (C=O) groups excluding carboxylic acids is 1. The Morgan fingerprint density at radius 3 is 2.17 bits per heavy atom. The highest BCUT2D eigenvalue weighted by atomic mass is 19.4. The maximum Gasteiger partial charge on any atom is 0.419 e. The van der Waals surface area contributed by atoms with E-state index in [0.29, 0.717) is 26.2 Å². The van der Waals surface area contributed by atoms with Gasteiger partial charge in [-0.3, -0.25) is 4.79 Å². The maximum absolute atomic E-state index is 12.5. The molecular weight excluding hydrogens is 323 g/mol. The van der Waals surface area contributed by atoms with Crippen molar-refractivity contribution in [2.24, 2.45) is 0 Å². The van der Waals surface area contributed by atoms with Crippen LogP contribution in [0.3, 0.4) is 0 Å². The Balaban J connectivity index is 1.56. The van der Waals surface area contributed by atoms with E-state index in [1.807, 2.05) is 24.5 Å². The van der Waals surface area contributed by atoms with Crippen LogP contribution in [0.15, 0.2) is 36.9 Å². The molecule has 3 rings (SSSR count).